The maximum Gasteiger partial charge on any atom is 0.303 e. The van der Waals surface area contributed by atoms with Gasteiger partial charge in [-0.25, -0.2) is 4.58 Å². The lowest BCUT2D eigenvalue weighted by atomic mass is 9.77. The van der Waals surface area contributed by atoms with Crippen LogP contribution < -0.4 is 9.80 Å². The molecule has 20 heteroatoms. The molecule has 6 rings (SSSR count). The summed E-state index contributed by atoms with van der Waals surface area (Å²) >= 11 is 0. The number of rotatable bonds is 44. The van der Waals surface area contributed by atoms with Crippen molar-refractivity contribution in [1.29, 1.82) is 0 Å². The Morgan fingerprint density at radius 3 is 1.49 bits per heavy atom. The number of benzene rings is 2. The fraction of sp³-hybridized carbons (Fsp3) is 0.662. The van der Waals surface area contributed by atoms with Crippen LogP contribution in [0.5, 0.6) is 0 Å². The zero-order valence-electron chi connectivity index (χ0n) is 51.9. The molecular weight excluding hydrogens is 1110 g/mol. The lowest BCUT2D eigenvalue weighted by Gasteiger charge is -2.30. The van der Waals surface area contributed by atoms with Crippen LogP contribution in [0.2, 0.25) is 0 Å². The van der Waals surface area contributed by atoms with Crippen LogP contribution >= 0.6 is 0 Å². The first-order valence-electron chi connectivity index (χ1n) is 30.9. The summed E-state index contributed by atoms with van der Waals surface area (Å²) in [5.41, 5.74) is 11.0. The van der Waals surface area contributed by atoms with Crippen molar-refractivity contribution < 1.29 is 79.6 Å². The van der Waals surface area contributed by atoms with E-state index in [1.54, 1.807) is 19.2 Å². The summed E-state index contributed by atoms with van der Waals surface area (Å²) in [6, 6.07) is 11.7. The van der Waals surface area contributed by atoms with Crippen molar-refractivity contribution in [3.63, 3.8) is 0 Å². The van der Waals surface area contributed by atoms with Crippen molar-refractivity contribution in [2.45, 2.75) is 115 Å². The fourth-order valence-corrected chi connectivity index (χ4v) is 12.1. The summed E-state index contributed by atoms with van der Waals surface area (Å²) in [4.78, 5) is 15.9. The van der Waals surface area contributed by atoms with Gasteiger partial charge in [-0.2, -0.15) is 8.42 Å². The largest absolute Gasteiger partial charge is 0.481 e. The highest BCUT2D eigenvalue weighted by Gasteiger charge is 2.44. The number of nitrogens with zero attached hydrogens (tertiary/aromatic N) is 3. The number of anilines is 2. The van der Waals surface area contributed by atoms with Gasteiger partial charge in [0, 0.05) is 84.2 Å². The van der Waals surface area contributed by atoms with E-state index < -0.39 is 21.5 Å². The summed E-state index contributed by atoms with van der Waals surface area (Å²) in [6.07, 6.45) is 18.0. The van der Waals surface area contributed by atoms with Gasteiger partial charge >= 0.3 is 5.97 Å². The smallest absolute Gasteiger partial charge is 0.303 e. The second kappa shape index (κ2) is 37.5. The van der Waals surface area contributed by atoms with Gasteiger partial charge in [-0.3, -0.25) is 9.35 Å². The van der Waals surface area contributed by atoms with E-state index in [1.807, 2.05) is 0 Å². The summed E-state index contributed by atoms with van der Waals surface area (Å²) in [6.45, 7) is 24.4. The zero-order chi connectivity index (χ0) is 60.8. The van der Waals surface area contributed by atoms with Crippen LogP contribution in [0.3, 0.4) is 0 Å². The molecule has 0 aromatic heterocycles. The molecular formula is C65H100N3O16S+. The average Bonchev–Trinajstić information content (AvgIpc) is 1.75. The molecule has 2 fully saturated rings. The molecule has 3 aliphatic heterocycles. The van der Waals surface area contributed by atoms with Gasteiger partial charge in [0.05, 0.1) is 144 Å². The number of carboxylic acids is 1. The van der Waals surface area contributed by atoms with E-state index in [0.717, 1.165) is 87.9 Å². The second-order valence-corrected chi connectivity index (χ2v) is 24.0. The van der Waals surface area contributed by atoms with E-state index in [-0.39, 0.29) is 16.7 Å². The first-order chi connectivity index (χ1) is 41.2. The number of aryl methyl sites for hydroxylation is 1. The molecule has 19 nitrogen and oxygen atoms in total. The Hall–Kier alpha value is -4.39. The first-order valence-corrected chi connectivity index (χ1v) is 32.4. The molecule has 2 aromatic rings. The molecule has 1 saturated carbocycles. The highest BCUT2D eigenvalue weighted by Crippen LogP contribution is 2.52. The summed E-state index contributed by atoms with van der Waals surface area (Å²) < 4.78 is 98.6. The number of hydrogen-bond donors (Lipinski definition) is 2. The summed E-state index contributed by atoms with van der Waals surface area (Å²) in [7, 11) is -2.79. The molecule has 1 unspecified atom stereocenters. The molecule has 0 spiro atoms. The number of hydrogen-bond acceptors (Lipinski definition) is 16. The highest BCUT2D eigenvalue weighted by molar-refractivity contribution is 7.85. The van der Waals surface area contributed by atoms with Crippen LogP contribution in [0.4, 0.5) is 11.4 Å². The van der Waals surface area contributed by atoms with E-state index >= 15 is 0 Å². The van der Waals surface area contributed by atoms with Crippen molar-refractivity contribution >= 4 is 33.2 Å². The van der Waals surface area contributed by atoms with E-state index in [0.29, 0.717) is 152 Å². The Balaban J connectivity index is 0.940. The van der Waals surface area contributed by atoms with Crippen LogP contribution in [0.25, 0.3) is 0 Å². The Morgan fingerprint density at radius 1 is 0.576 bits per heavy atom. The van der Waals surface area contributed by atoms with Crippen molar-refractivity contribution in [3.8, 4) is 0 Å². The number of unbranched alkanes of at least 4 members (excludes halogenated alkanes) is 2. The molecule has 476 valence electrons. The normalized spacial score (nSPS) is 19.5. The Kier molecular flexibility index (Phi) is 30.7. The van der Waals surface area contributed by atoms with Gasteiger partial charge in [-0.1, -0.05) is 63.5 Å². The van der Waals surface area contributed by atoms with Crippen LogP contribution in [-0.2, 0) is 77.8 Å². The quantitative estimate of drug-likeness (QED) is 0.0361. The van der Waals surface area contributed by atoms with Crippen LogP contribution in [0, 0.1) is 6.92 Å². The van der Waals surface area contributed by atoms with Gasteiger partial charge < -0.3 is 67.0 Å². The average molecular weight is 1210 g/mol. The third-order valence-corrected chi connectivity index (χ3v) is 16.7. The van der Waals surface area contributed by atoms with Gasteiger partial charge in [0.25, 0.3) is 10.1 Å². The van der Waals surface area contributed by atoms with Crippen LogP contribution in [0.1, 0.15) is 109 Å². The topological polar surface area (TPSA) is 203 Å². The Labute approximate surface area is 507 Å². The van der Waals surface area contributed by atoms with Gasteiger partial charge in [0.1, 0.15) is 13.1 Å². The SMILES string of the molecule is CCCC1(C)C(=CC=C2CCC(=CC=C3N(CCOCCOCCOCCOCCOCCOCCOCCOCCOCCOCCOC)c4ccc(S(=O)(=O)O)cc4C3(C)C)C2=[N+]2CCCC2)N(CCCCCC(=O)O)c2ccc(C)cc21. The Morgan fingerprint density at radius 2 is 1.02 bits per heavy atom. The highest BCUT2D eigenvalue weighted by atomic mass is 32.2. The van der Waals surface area contributed by atoms with Gasteiger partial charge in [-0.05, 0) is 93.5 Å². The lowest BCUT2D eigenvalue weighted by Crippen LogP contribution is -2.29. The molecule has 2 N–H and O–H groups in total. The fourth-order valence-electron chi connectivity index (χ4n) is 11.6. The van der Waals surface area contributed by atoms with Crippen molar-refractivity contribution in [3.05, 3.63) is 99.9 Å². The predicted octanol–water partition coefficient (Wildman–Crippen LogP) is 9.04. The molecule has 0 radical (unpaired) electrons. The number of ether oxygens (including phenoxy) is 11. The molecule has 4 aliphatic rings. The van der Waals surface area contributed by atoms with E-state index in [4.69, 9.17) is 52.1 Å². The predicted molar refractivity (Wildman–Crippen MR) is 329 cm³/mol. The standard InChI is InChI=1S/C65H99N3O16S/c1-7-24-65(5)57-50-52(2)14-20-59(57)67(27-10-8-9-13-62(69)70)61(65)23-18-54-16-15-53(63(54)66-25-11-12-26-66)17-22-60-64(3,4)56-51-55(85(71,72)73)19-21-58(56)68(60)28-29-75-32-33-77-36-37-79-40-41-81-44-45-83-48-49-84-47-46-82-43-42-80-39-38-78-35-34-76-31-30-74-6/h14,17-23,50-51H,7-13,15-16,24-49H2,1-6H3,(H-,69,70,71,72,73)/p+1. The second-order valence-electron chi connectivity index (χ2n) is 22.5. The number of carboxylic acid groups (broad SMARTS) is 1. The Bertz CT molecular complexity index is 2630. The molecule has 1 atom stereocenters. The minimum absolute atomic E-state index is 0.129. The summed E-state index contributed by atoms with van der Waals surface area (Å²) in [5, 5.41) is 9.29. The van der Waals surface area contributed by atoms with Crippen molar-refractivity contribution in [1.82, 2.24) is 0 Å². The molecule has 85 heavy (non-hydrogen) atoms. The number of methoxy groups -OCH3 is 1. The van der Waals surface area contributed by atoms with Crippen molar-refractivity contribution in [2.24, 2.45) is 0 Å². The summed E-state index contributed by atoms with van der Waals surface area (Å²) in [5.74, 6) is -0.743. The number of aliphatic carboxylic acids is 1. The molecule has 0 bridgehead atoms. The molecule has 1 aliphatic carbocycles. The minimum Gasteiger partial charge on any atom is -0.481 e. The molecule has 3 heterocycles. The molecule has 1 saturated heterocycles. The third-order valence-electron chi connectivity index (χ3n) is 15.9. The van der Waals surface area contributed by atoms with E-state index in [9.17, 15) is 22.9 Å². The third kappa shape index (κ3) is 22.0. The van der Waals surface area contributed by atoms with Gasteiger partial charge in [0.15, 0.2) is 0 Å². The van der Waals surface area contributed by atoms with Crippen LogP contribution in [0.15, 0.2) is 88.1 Å². The maximum absolute atomic E-state index is 12.4. The zero-order valence-corrected chi connectivity index (χ0v) is 52.7. The van der Waals surface area contributed by atoms with E-state index in [1.165, 1.54) is 45.4 Å². The maximum atomic E-state index is 12.4. The lowest BCUT2D eigenvalue weighted by molar-refractivity contribution is -0.505. The number of carbonyl (C=O) groups is 1. The molecule has 0 amide bonds. The van der Waals surface area contributed by atoms with Gasteiger partial charge in [-0.15, -0.1) is 0 Å². The van der Waals surface area contributed by atoms with Crippen molar-refractivity contribution in [2.75, 3.05) is 182 Å². The van der Waals surface area contributed by atoms with E-state index in [2.05, 4.69) is 91.5 Å². The monoisotopic (exact) mass is 1210 g/mol. The molecule has 2 aromatic carbocycles. The first kappa shape index (κ1) is 69.7. The minimum atomic E-state index is -4.43. The number of allylic oxidation sites excluding steroid dienone is 8. The van der Waals surface area contributed by atoms with Gasteiger partial charge in [0.2, 0.25) is 5.71 Å². The van der Waals surface area contributed by atoms with Crippen LogP contribution in [-0.4, -0.2) is 206 Å². The number of fused-ring (bicyclic) bond motifs is 2.